The van der Waals surface area contributed by atoms with Gasteiger partial charge in [-0.25, -0.2) is 8.42 Å². The third kappa shape index (κ3) is 2.41. The van der Waals surface area contributed by atoms with Crippen molar-refractivity contribution >= 4 is 27.0 Å². The van der Waals surface area contributed by atoms with Gasteiger partial charge in [0.05, 0.1) is 0 Å². The van der Waals surface area contributed by atoms with Crippen molar-refractivity contribution in [3.05, 3.63) is 11.4 Å². The van der Waals surface area contributed by atoms with Crippen LogP contribution in [0.4, 0.5) is 5.69 Å². The molecule has 3 rings (SSSR count). The lowest BCUT2D eigenvalue weighted by molar-refractivity contribution is 0.289. The first kappa shape index (κ1) is 13.4. The van der Waals surface area contributed by atoms with Gasteiger partial charge in [-0.3, -0.25) is 0 Å². The van der Waals surface area contributed by atoms with E-state index in [1.54, 1.807) is 15.8 Å². The van der Waals surface area contributed by atoms with Crippen LogP contribution in [0.3, 0.4) is 0 Å². The minimum atomic E-state index is -3.33. The largest absolute Gasteiger partial charge is 0.398 e. The summed E-state index contributed by atoms with van der Waals surface area (Å²) in [6.45, 7) is 0.668. The van der Waals surface area contributed by atoms with Crippen molar-refractivity contribution in [1.29, 1.82) is 0 Å². The van der Waals surface area contributed by atoms with Crippen molar-refractivity contribution in [3.8, 4) is 0 Å². The lowest BCUT2D eigenvalue weighted by Crippen LogP contribution is -2.39. The fourth-order valence-corrected chi connectivity index (χ4v) is 6.42. The van der Waals surface area contributed by atoms with Gasteiger partial charge in [-0.15, -0.1) is 11.3 Å². The number of hydrogen-bond donors (Lipinski definition) is 1. The summed E-state index contributed by atoms with van der Waals surface area (Å²) in [6.07, 6.45) is 6.88. The number of nitrogens with two attached hydrogens (primary N) is 1. The highest BCUT2D eigenvalue weighted by atomic mass is 32.2. The Labute approximate surface area is 118 Å². The molecule has 1 atom stereocenters. The predicted molar refractivity (Wildman–Crippen MR) is 77.6 cm³/mol. The van der Waals surface area contributed by atoms with E-state index in [4.69, 9.17) is 5.73 Å². The van der Waals surface area contributed by atoms with E-state index in [-0.39, 0.29) is 6.04 Å². The van der Waals surface area contributed by atoms with Gasteiger partial charge in [0.1, 0.15) is 4.21 Å². The summed E-state index contributed by atoms with van der Waals surface area (Å²) in [5.74, 6) is 0.564. The van der Waals surface area contributed by atoms with Gasteiger partial charge < -0.3 is 5.73 Å². The van der Waals surface area contributed by atoms with Crippen LogP contribution in [0.1, 0.15) is 38.5 Å². The molecule has 1 saturated carbocycles. The SMILES string of the molecule is Nc1csc(S(=O)(=O)N2CCCC2C2CCCC2)c1. The number of hydrogen-bond acceptors (Lipinski definition) is 4. The molecule has 2 N–H and O–H groups in total. The Morgan fingerprint density at radius 3 is 2.58 bits per heavy atom. The summed E-state index contributed by atoms with van der Waals surface area (Å²) >= 11 is 1.23. The van der Waals surface area contributed by atoms with E-state index in [0.717, 1.165) is 12.8 Å². The fraction of sp³-hybridized carbons (Fsp3) is 0.692. The van der Waals surface area contributed by atoms with Crippen LogP contribution in [0, 0.1) is 5.92 Å². The smallest absolute Gasteiger partial charge is 0.252 e. The minimum Gasteiger partial charge on any atom is -0.398 e. The van der Waals surface area contributed by atoms with Gasteiger partial charge in [-0.05, 0) is 37.7 Å². The molecule has 1 aliphatic carbocycles. The minimum absolute atomic E-state index is 0.218. The molecule has 1 unspecified atom stereocenters. The zero-order valence-corrected chi connectivity index (χ0v) is 12.5. The second-order valence-corrected chi connectivity index (χ2v) is 8.60. The molecule has 106 valence electrons. The van der Waals surface area contributed by atoms with Crippen LogP contribution in [0.15, 0.2) is 15.7 Å². The Balaban J connectivity index is 1.87. The van der Waals surface area contributed by atoms with Gasteiger partial charge in [0, 0.05) is 23.7 Å². The molecule has 1 aromatic rings. The van der Waals surface area contributed by atoms with Crippen LogP contribution in [0.5, 0.6) is 0 Å². The predicted octanol–water partition coefficient (Wildman–Crippen LogP) is 2.67. The maximum Gasteiger partial charge on any atom is 0.252 e. The Morgan fingerprint density at radius 1 is 1.21 bits per heavy atom. The van der Waals surface area contributed by atoms with Crippen molar-refractivity contribution in [1.82, 2.24) is 4.31 Å². The number of thiophene rings is 1. The Bertz CT molecular complexity index is 547. The summed E-state index contributed by atoms with van der Waals surface area (Å²) in [7, 11) is -3.33. The molecule has 0 radical (unpaired) electrons. The van der Waals surface area contributed by atoms with Crippen LogP contribution < -0.4 is 5.73 Å². The maximum atomic E-state index is 12.7. The molecule has 0 aromatic carbocycles. The molecule has 2 fully saturated rings. The molecule has 2 heterocycles. The van der Waals surface area contributed by atoms with Crippen LogP contribution in [-0.2, 0) is 10.0 Å². The summed E-state index contributed by atoms with van der Waals surface area (Å²) in [5, 5.41) is 1.70. The van der Waals surface area contributed by atoms with E-state index in [2.05, 4.69) is 0 Å². The normalized spacial score (nSPS) is 26.2. The van der Waals surface area contributed by atoms with Crippen LogP contribution in [-0.4, -0.2) is 25.3 Å². The highest BCUT2D eigenvalue weighted by Crippen LogP contribution is 2.39. The maximum absolute atomic E-state index is 12.7. The van der Waals surface area contributed by atoms with Crippen molar-refractivity contribution in [2.45, 2.75) is 48.8 Å². The highest BCUT2D eigenvalue weighted by molar-refractivity contribution is 7.91. The van der Waals surface area contributed by atoms with E-state index < -0.39 is 10.0 Å². The molecule has 2 aliphatic rings. The van der Waals surface area contributed by atoms with E-state index in [1.165, 1.54) is 37.0 Å². The third-order valence-electron chi connectivity index (χ3n) is 4.35. The lowest BCUT2D eigenvalue weighted by Gasteiger charge is -2.28. The highest BCUT2D eigenvalue weighted by Gasteiger charge is 2.40. The quantitative estimate of drug-likeness (QED) is 0.933. The number of nitrogens with zero attached hydrogens (tertiary/aromatic N) is 1. The number of rotatable bonds is 3. The number of nitrogen functional groups attached to an aromatic ring is 1. The number of sulfonamides is 1. The van der Waals surface area contributed by atoms with E-state index in [0.29, 0.717) is 22.4 Å². The molecule has 1 aliphatic heterocycles. The Kier molecular flexibility index (Phi) is 3.57. The van der Waals surface area contributed by atoms with E-state index >= 15 is 0 Å². The first-order valence-corrected chi connectivity index (χ1v) is 9.27. The molecule has 0 bridgehead atoms. The van der Waals surface area contributed by atoms with Crippen LogP contribution in [0.25, 0.3) is 0 Å². The van der Waals surface area contributed by atoms with Gasteiger partial charge in [0.15, 0.2) is 0 Å². The molecule has 1 aromatic heterocycles. The molecular formula is C13H20N2O2S2. The first-order valence-electron chi connectivity index (χ1n) is 6.95. The Morgan fingerprint density at radius 2 is 1.95 bits per heavy atom. The van der Waals surface area contributed by atoms with Crippen molar-refractivity contribution in [2.24, 2.45) is 5.92 Å². The summed E-state index contributed by atoms with van der Waals surface area (Å²) in [4.78, 5) is 0. The molecule has 0 spiro atoms. The second kappa shape index (κ2) is 5.07. The molecule has 6 heteroatoms. The van der Waals surface area contributed by atoms with Gasteiger partial charge in [-0.2, -0.15) is 4.31 Å². The fourth-order valence-electron chi connectivity index (χ4n) is 3.46. The van der Waals surface area contributed by atoms with E-state index in [1.807, 2.05) is 0 Å². The first-order chi connectivity index (χ1) is 9.09. The molecule has 4 nitrogen and oxygen atoms in total. The number of anilines is 1. The summed E-state index contributed by atoms with van der Waals surface area (Å²) in [6, 6.07) is 1.81. The average Bonchev–Trinajstić information content (AvgIpc) is 3.09. The monoisotopic (exact) mass is 300 g/mol. The average molecular weight is 300 g/mol. The molecule has 19 heavy (non-hydrogen) atoms. The van der Waals surface area contributed by atoms with Gasteiger partial charge in [-0.1, -0.05) is 12.8 Å². The van der Waals surface area contributed by atoms with Crippen molar-refractivity contribution in [2.75, 3.05) is 12.3 Å². The van der Waals surface area contributed by atoms with Crippen LogP contribution in [0.2, 0.25) is 0 Å². The van der Waals surface area contributed by atoms with Gasteiger partial charge in [0.25, 0.3) is 10.0 Å². The standard InChI is InChI=1S/C13H20N2O2S2/c14-11-8-13(18-9-11)19(16,17)15-7-3-6-12(15)10-4-1-2-5-10/h8-10,12H,1-7,14H2. The van der Waals surface area contributed by atoms with Gasteiger partial charge >= 0.3 is 0 Å². The topological polar surface area (TPSA) is 63.4 Å². The van der Waals surface area contributed by atoms with E-state index in [9.17, 15) is 8.42 Å². The Hall–Kier alpha value is -0.590. The van der Waals surface area contributed by atoms with Crippen LogP contribution >= 0.6 is 11.3 Å². The van der Waals surface area contributed by atoms with Crippen molar-refractivity contribution in [3.63, 3.8) is 0 Å². The zero-order chi connectivity index (χ0) is 13.5. The molecular weight excluding hydrogens is 280 g/mol. The zero-order valence-electron chi connectivity index (χ0n) is 10.9. The van der Waals surface area contributed by atoms with Gasteiger partial charge in [0.2, 0.25) is 0 Å². The third-order valence-corrected chi connectivity index (χ3v) is 7.71. The van der Waals surface area contributed by atoms with Crippen molar-refractivity contribution < 1.29 is 8.42 Å². The lowest BCUT2D eigenvalue weighted by atomic mass is 9.97. The molecule has 1 saturated heterocycles. The molecule has 0 amide bonds. The second-order valence-electron chi connectivity index (χ2n) is 5.57. The summed E-state index contributed by atoms with van der Waals surface area (Å²) < 4.78 is 27.5. The summed E-state index contributed by atoms with van der Waals surface area (Å²) in [5.41, 5.74) is 6.20.